The van der Waals surface area contributed by atoms with Gasteiger partial charge in [0.2, 0.25) is 0 Å². The Morgan fingerprint density at radius 2 is 2.20 bits per heavy atom. The molecule has 0 aliphatic carbocycles. The molecule has 1 heterocycles. The standard InChI is InChI=1S/C6H6F2O2/c7-6(8)5-2-1-4(3-9)10-5/h1-2,6,9H,3H2. The van der Waals surface area contributed by atoms with E-state index in [9.17, 15) is 8.78 Å². The van der Waals surface area contributed by atoms with Gasteiger partial charge in [-0.1, -0.05) is 0 Å². The lowest BCUT2D eigenvalue weighted by Gasteiger charge is -1.90. The van der Waals surface area contributed by atoms with Gasteiger partial charge in [-0.15, -0.1) is 0 Å². The molecule has 0 fully saturated rings. The van der Waals surface area contributed by atoms with Crippen LogP contribution in [0.5, 0.6) is 0 Å². The van der Waals surface area contributed by atoms with E-state index < -0.39 is 12.2 Å². The molecule has 0 saturated heterocycles. The number of furan rings is 1. The molecule has 1 N–H and O–H groups in total. The highest BCUT2D eigenvalue weighted by Crippen LogP contribution is 2.20. The maximum absolute atomic E-state index is 11.7. The maximum Gasteiger partial charge on any atom is 0.295 e. The van der Waals surface area contributed by atoms with Crippen molar-refractivity contribution < 1.29 is 18.3 Å². The van der Waals surface area contributed by atoms with Crippen LogP contribution >= 0.6 is 0 Å². The fourth-order valence-corrected chi connectivity index (χ4v) is 0.597. The van der Waals surface area contributed by atoms with Crippen molar-refractivity contribution in [2.75, 3.05) is 0 Å². The molecule has 0 bridgehead atoms. The number of alkyl halides is 2. The lowest BCUT2D eigenvalue weighted by molar-refractivity contribution is 0.116. The van der Waals surface area contributed by atoms with Crippen LogP contribution in [0.25, 0.3) is 0 Å². The molecule has 4 heteroatoms. The van der Waals surface area contributed by atoms with Gasteiger partial charge in [-0.05, 0) is 12.1 Å². The van der Waals surface area contributed by atoms with E-state index in [4.69, 9.17) is 5.11 Å². The van der Waals surface area contributed by atoms with Gasteiger partial charge < -0.3 is 9.52 Å². The maximum atomic E-state index is 11.7. The molecule has 0 atom stereocenters. The van der Waals surface area contributed by atoms with Crippen molar-refractivity contribution in [1.29, 1.82) is 0 Å². The van der Waals surface area contributed by atoms with Crippen LogP contribution in [-0.4, -0.2) is 5.11 Å². The molecule has 2 nitrogen and oxygen atoms in total. The predicted molar refractivity (Wildman–Crippen MR) is 29.6 cm³/mol. The highest BCUT2D eigenvalue weighted by atomic mass is 19.3. The third-order valence-electron chi connectivity index (χ3n) is 1.05. The number of hydrogen-bond acceptors (Lipinski definition) is 2. The van der Waals surface area contributed by atoms with E-state index >= 15 is 0 Å². The number of aliphatic hydroxyl groups is 1. The molecular weight excluding hydrogens is 142 g/mol. The lowest BCUT2D eigenvalue weighted by atomic mass is 10.4. The molecule has 0 saturated carbocycles. The van der Waals surface area contributed by atoms with Crippen molar-refractivity contribution in [3.63, 3.8) is 0 Å². The minimum Gasteiger partial charge on any atom is -0.458 e. The average Bonchev–Trinajstić information content (AvgIpc) is 2.34. The summed E-state index contributed by atoms with van der Waals surface area (Å²) >= 11 is 0. The highest BCUT2D eigenvalue weighted by molar-refractivity contribution is 5.06. The zero-order valence-electron chi connectivity index (χ0n) is 5.05. The van der Waals surface area contributed by atoms with Gasteiger partial charge in [0.05, 0.1) is 0 Å². The van der Waals surface area contributed by atoms with Crippen LogP contribution in [0.1, 0.15) is 17.9 Å². The predicted octanol–water partition coefficient (Wildman–Crippen LogP) is 1.71. The monoisotopic (exact) mass is 148 g/mol. The number of hydrogen-bond donors (Lipinski definition) is 1. The minimum atomic E-state index is -2.60. The van der Waals surface area contributed by atoms with E-state index in [1.54, 1.807) is 0 Å². The smallest absolute Gasteiger partial charge is 0.295 e. The molecule has 0 aliphatic heterocycles. The molecule has 0 radical (unpaired) electrons. The second kappa shape index (κ2) is 2.79. The van der Waals surface area contributed by atoms with Crippen molar-refractivity contribution in [3.05, 3.63) is 23.7 Å². The normalized spacial score (nSPS) is 10.8. The Morgan fingerprint density at radius 3 is 2.50 bits per heavy atom. The first-order chi connectivity index (χ1) is 4.74. The number of aliphatic hydroxyl groups excluding tert-OH is 1. The molecule has 1 rings (SSSR count). The van der Waals surface area contributed by atoms with Crippen LogP contribution < -0.4 is 0 Å². The first kappa shape index (κ1) is 7.21. The van der Waals surface area contributed by atoms with Crippen molar-refractivity contribution in [3.8, 4) is 0 Å². The summed E-state index contributed by atoms with van der Waals surface area (Å²) in [6, 6.07) is 2.47. The Labute approximate surface area is 56.1 Å². The van der Waals surface area contributed by atoms with E-state index in [-0.39, 0.29) is 12.4 Å². The Bertz CT molecular complexity index is 207. The molecule has 0 aliphatic rings. The Hall–Kier alpha value is -0.900. The summed E-state index contributed by atoms with van der Waals surface area (Å²) in [7, 11) is 0. The van der Waals surface area contributed by atoms with Crippen molar-refractivity contribution in [2.45, 2.75) is 13.0 Å². The van der Waals surface area contributed by atoms with Gasteiger partial charge in [0.15, 0.2) is 5.76 Å². The average molecular weight is 148 g/mol. The summed E-state index contributed by atoms with van der Waals surface area (Å²) in [4.78, 5) is 0. The van der Waals surface area contributed by atoms with Gasteiger partial charge in [-0.3, -0.25) is 0 Å². The summed E-state index contributed by atoms with van der Waals surface area (Å²) < 4.78 is 28.0. The molecule has 56 valence electrons. The molecule has 0 amide bonds. The van der Waals surface area contributed by atoms with E-state index in [2.05, 4.69) is 4.42 Å². The molecule has 1 aromatic rings. The second-order valence-electron chi connectivity index (χ2n) is 1.76. The van der Waals surface area contributed by atoms with Gasteiger partial charge >= 0.3 is 0 Å². The molecule has 0 aromatic carbocycles. The van der Waals surface area contributed by atoms with Crippen molar-refractivity contribution >= 4 is 0 Å². The summed E-state index contributed by atoms with van der Waals surface area (Å²) in [5.41, 5.74) is 0. The molecule has 1 aromatic heterocycles. The van der Waals surface area contributed by atoms with E-state index in [0.29, 0.717) is 0 Å². The number of rotatable bonds is 2. The minimum absolute atomic E-state index is 0.162. The Morgan fingerprint density at radius 1 is 1.50 bits per heavy atom. The summed E-state index contributed by atoms with van der Waals surface area (Å²) in [6.07, 6.45) is -2.60. The topological polar surface area (TPSA) is 33.4 Å². The summed E-state index contributed by atoms with van der Waals surface area (Å²) in [5, 5.41) is 8.39. The molecule has 0 spiro atoms. The molecular formula is C6H6F2O2. The first-order valence-electron chi connectivity index (χ1n) is 2.71. The van der Waals surface area contributed by atoms with Crippen molar-refractivity contribution in [1.82, 2.24) is 0 Å². The summed E-state index contributed by atoms with van der Waals surface area (Å²) in [5.74, 6) is -0.237. The fraction of sp³-hybridized carbons (Fsp3) is 0.333. The summed E-state index contributed by atoms with van der Waals surface area (Å²) in [6.45, 7) is -0.341. The van der Waals surface area contributed by atoms with E-state index in [1.807, 2.05) is 0 Å². The largest absolute Gasteiger partial charge is 0.458 e. The van der Waals surface area contributed by atoms with Gasteiger partial charge in [0.1, 0.15) is 12.4 Å². The van der Waals surface area contributed by atoms with Gasteiger partial charge in [0, 0.05) is 0 Å². The van der Waals surface area contributed by atoms with Crippen LogP contribution in [-0.2, 0) is 6.61 Å². The van der Waals surface area contributed by atoms with Crippen LogP contribution in [0.3, 0.4) is 0 Å². The Balaban J connectivity index is 2.78. The van der Waals surface area contributed by atoms with Gasteiger partial charge in [0.25, 0.3) is 6.43 Å². The van der Waals surface area contributed by atoms with Crippen LogP contribution in [0.2, 0.25) is 0 Å². The SMILES string of the molecule is OCc1ccc(C(F)F)o1. The van der Waals surface area contributed by atoms with Crippen molar-refractivity contribution in [2.24, 2.45) is 0 Å². The Kier molecular flexibility index (Phi) is 2.01. The first-order valence-corrected chi connectivity index (χ1v) is 2.71. The van der Waals surface area contributed by atoms with E-state index in [0.717, 1.165) is 6.07 Å². The van der Waals surface area contributed by atoms with Crippen LogP contribution in [0.15, 0.2) is 16.5 Å². The van der Waals surface area contributed by atoms with E-state index in [1.165, 1.54) is 6.07 Å². The fourth-order valence-electron chi connectivity index (χ4n) is 0.597. The van der Waals surface area contributed by atoms with Crippen LogP contribution in [0.4, 0.5) is 8.78 Å². The highest BCUT2D eigenvalue weighted by Gasteiger charge is 2.10. The second-order valence-corrected chi connectivity index (χ2v) is 1.76. The molecule has 0 unspecified atom stereocenters. The lowest BCUT2D eigenvalue weighted by Crippen LogP contribution is -1.78. The zero-order valence-corrected chi connectivity index (χ0v) is 5.05. The van der Waals surface area contributed by atoms with Gasteiger partial charge in [-0.2, -0.15) is 0 Å². The quantitative estimate of drug-likeness (QED) is 0.692. The molecule has 10 heavy (non-hydrogen) atoms. The van der Waals surface area contributed by atoms with Gasteiger partial charge in [-0.25, -0.2) is 8.78 Å². The third kappa shape index (κ3) is 1.33. The zero-order chi connectivity index (χ0) is 7.56. The number of halogens is 2. The third-order valence-corrected chi connectivity index (χ3v) is 1.05. The van der Waals surface area contributed by atoms with Crippen LogP contribution in [0, 0.1) is 0 Å².